The topological polar surface area (TPSA) is 59.0 Å². The fourth-order valence-corrected chi connectivity index (χ4v) is 2.29. The second-order valence-corrected chi connectivity index (χ2v) is 5.35. The van der Waals surface area contributed by atoms with Gasteiger partial charge in [0.15, 0.2) is 0 Å². The molecular weight excluding hydrogens is 228 g/mol. The van der Waals surface area contributed by atoms with E-state index in [4.69, 9.17) is 0 Å². The summed E-state index contributed by atoms with van der Waals surface area (Å²) in [6, 6.07) is 0. The average Bonchev–Trinajstić information content (AvgIpc) is 2.76. The molecule has 1 amide bonds. The maximum atomic E-state index is 12.1. The lowest BCUT2D eigenvalue weighted by atomic mass is 9.80. The number of carbonyl (C=O) groups excluding carboxylic acids is 1. The first-order valence-electron chi connectivity index (χ1n) is 6.58. The van der Waals surface area contributed by atoms with Gasteiger partial charge in [-0.15, -0.1) is 0 Å². The molecule has 18 heavy (non-hydrogen) atoms. The van der Waals surface area contributed by atoms with Crippen LogP contribution in [0.2, 0.25) is 0 Å². The highest BCUT2D eigenvalue weighted by Gasteiger charge is 2.33. The molecule has 0 unspecified atom stereocenters. The van der Waals surface area contributed by atoms with Crippen LogP contribution in [0.15, 0.2) is 12.4 Å². The van der Waals surface area contributed by atoms with Gasteiger partial charge in [-0.25, -0.2) is 0 Å². The van der Waals surface area contributed by atoms with Gasteiger partial charge in [0, 0.05) is 18.2 Å². The smallest absolute Gasteiger partial charge is 0.226 e. The van der Waals surface area contributed by atoms with E-state index in [1.165, 1.54) is 0 Å². The van der Waals surface area contributed by atoms with Crippen molar-refractivity contribution in [2.75, 3.05) is 19.6 Å². The maximum Gasteiger partial charge on any atom is 0.226 e. The monoisotopic (exact) mass is 250 g/mol. The van der Waals surface area contributed by atoms with E-state index in [1.807, 2.05) is 24.0 Å². The number of hydrogen-bond acceptors (Lipinski definition) is 3. The summed E-state index contributed by atoms with van der Waals surface area (Å²) in [5.74, 6) is 0.174. The third-order valence-corrected chi connectivity index (χ3v) is 3.64. The summed E-state index contributed by atoms with van der Waals surface area (Å²) in [7, 11) is 0. The third-order valence-electron chi connectivity index (χ3n) is 3.64. The lowest BCUT2D eigenvalue weighted by Gasteiger charge is -2.32. The van der Waals surface area contributed by atoms with Crippen LogP contribution in [0.3, 0.4) is 0 Å². The molecule has 0 atom stereocenters. The first-order valence-corrected chi connectivity index (χ1v) is 6.58. The van der Waals surface area contributed by atoms with Gasteiger partial charge in [-0.2, -0.15) is 5.10 Å². The van der Waals surface area contributed by atoms with Gasteiger partial charge in [0.1, 0.15) is 0 Å². The van der Waals surface area contributed by atoms with Crippen LogP contribution in [0, 0.1) is 12.3 Å². The Kier molecular flexibility index (Phi) is 4.01. The molecule has 1 fully saturated rings. The Morgan fingerprint density at radius 3 is 2.89 bits per heavy atom. The Labute approximate surface area is 108 Å². The van der Waals surface area contributed by atoms with E-state index in [9.17, 15) is 4.79 Å². The summed E-state index contributed by atoms with van der Waals surface area (Å²) in [6.45, 7) is 7.31. The highest BCUT2D eigenvalue weighted by molar-refractivity contribution is 5.82. The number of rotatable bonds is 4. The lowest BCUT2D eigenvalue weighted by Crippen LogP contribution is -2.46. The Morgan fingerprint density at radius 1 is 1.56 bits per heavy atom. The quantitative estimate of drug-likeness (QED) is 0.827. The van der Waals surface area contributed by atoms with Crippen molar-refractivity contribution in [3.63, 3.8) is 0 Å². The van der Waals surface area contributed by atoms with E-state index >= 15 is 0 Å². The zero-order valence-corrected chi connectivity index (χ0v) is 11.2. The first kappa shape index (κ1) is 13.1. The average molecular weight is 250 g/mol. The summed E-state index contributed by atoms with van der Waals surface area (Å²) >= 11 is 0. The van der Waals surface area contributed by atoms with Gasteiger partial charge in [-0.1, -0.05) is 6.92 Å². The lowest BCUT2D eigenvalue weighted by molar-refractivity contribution is -0.131. The maximum absolute atomic E-state index is 12.1. The van der Waals surface area contributed by atoms with Crippen molar-refractivity contribution in [1.29, 1.82) is 0 Å². The first-order chi connectivity index (χ1) is 8.60. The predicted octanol–water partition coefficient (Wildman–Crippen LogP) is 0.697. The minimum atomic E-state index is -0.203. The highest BCUT2D eigenvalue weighted by atomic mass is 16.2. The van der Waals surface area contributed by atoms with Crippen LogP contribution in [-0.2, 0) is 11.3 Å². The van der Waals surface area contributed by atoms with Gasteiger partial charge < -0.3 is 10.6 Å². The SMILES string of the molecule is Cc1cnn(CCNC(=O)C2(C)CCNCC2)c1. The Hall–Kier alpha value is -1.36. The molecule has 0 radical (unpaired) electrons. The minimum absolute atomic E-state index is 0.174. The van der Waals surface area contributed by atoms with Crippen LogP contribution in [-0.4, -0.2) is 35.3 Å². The molecule has 0 spiro atoms. The largest absolute Gasteiger partial charge is 0.354 e. The molecule has 100 valence electrons. The second kappa shape index (κ2) is 5.52. The third kappa shape index (κ3) is 3.10. The molecule has 1 aromatic rings. The van der Waals surface area contributed by atoms with Crippen molar-refractivity contribution in [1.82, 2.24) is 20.4 Å². The molecule has 2 N–H and O–H groups in total. The molecule has 1 aliphatic heterocycles. The molecule has 0 aliphatic carbocycles. The van der Waals surface area contributed by atoms with Crippen molar-refractivity contribution in [3.8, 4) is 0 Å². The van der Waals surface area contributed by atoms with E-state index in [2.05, 4.69) is 22.7 Å². The summed E-state index contributed by atoms with van der Waals surface area (Å²) < 4.78 is 1.86. The number of piperidine rings is 1. The Morgan fingerprint density at radius 2 is 2.28 bits per heavy atom. The number of nitrogens with one attached hydrogen (secondary N) is 2. The van der Waals surface area contributed by atoms with Gasteiger partial charge in [-0.3, -0.25) is 9.48 Å². The number of aryl methyl sites for hydroxylation is 1. The molecule has 2 rings (SSSR count). The van der Waals surface area contributed by atoms with Crippen molar-refractivity contribution in [2.24, 2.45) is 5.41 Å². The molecule has 1 saturated heterocycles. The summed E-state index contributed by atoms with van der Waals surface area (Å²) in [5, 5.41) is 10.5. The summed E-state index contributed by atoms with van der Waals surface area (Å²) in [4.78, 5) is 12.1. The minimum Gasteiger partial charge on any atom is -0.354 e. The molecule has 2 heterocycles. The van der Waals surface area contributed by atoms with Crippen LogP contribution in [0.4, 0.5) is 0 Å². The summed E-state index contributed by atoms with van der Waals surface area (Å²) in [6.07, 6.45) is 5.65. The van der Waals surface area contributed by atoms with Gasteiger partial charge in [0.25, 0.3) is 0 Å². The van der Waals surface area contributed by atoms with Gasteiger partial charge >= 0.3 is 0 Å². The fraction of sp³-hybridized carbons (Fsp3) is 0.692. The number of nitrogens with zero attached hydrogens (tertiary/aromatic N) is 2. The molecule has 0 saturated carbocycles. The van der Waals surface area contributed by atoms with Crippen molar-refractivity contribution in [3.05, 3.63) is 18.0 Å². The van der Waals surface area contributed by atoms with E-state index in [-0.39, 0.29) is 11.3 Å². The predicted molar refractivity (Wildman–Crippen MR) is 70.2 cm³/mol. The molecule has 0 bridgehead atoms. The number of aromatic nitrogens is 2. The van der Waals surface area contributed by atoms with E-state index in [0.29, 0.717) is 6.54 Å². The van der Waals surface area contributed by atoms with Gasteiger partial charge in [-0.05, 0) is 38.4 Å². The zero-order chi connectivity index (χ0) is 13.0. The standard InChI is InChI=1S/C13H22N4O/c1-11-9-16-17(10-11)8-7-15-12(18)13(2)3-5-14-6-4-13/h9-10,14H,3-8H2,1-2H3,(H,15,18). The highest BCUT2D eigenvalue weighted by Crippen LogP contribution is 2.27. The molecule has 1 aliphatic rings. The normalized spacial score (nSPS) is 18.6. The molecule has 5 heteroatoms. The van der Waals surface area contributed by atoms with Gasteiger partial charge in [0.05, 0.1) is 12.7 Å². The number of carbonyl (C=O) groups is 1. The summed E-state index contributed by atoms with van der Waals surface area (Å²) in [5.41, 5.74) is 0.942. The van der Waals surface area contributed by atoms with Crippen molar-refractivity contribution in [2.45, 2.75) is 33.2 Å². The van der Waals surface area contributed by atoms with E-state index < -0.39 is 0 Å². The molecule has 5 nitrogen and oxygen atoms in total. The van der Waals surface area contributed by atoms with Crippen molar-refractivity contribution < 1.29 is 4.79 Å². The molecular formula is C13H22N4O. The fourth-order valence-electron chi connectivity index (χ4n) is 2.29. The van der Waals surface area contributed by atoms with Crippen LogP contribution < -0.4 is 10.6 Å². The Balaban J connectivity index is 1.77. The Bertz CT molecular complexity index is 407. The van der Waals surface area contributed by atoms with E-state index in [0.717, 1.165) is 38.0 Å². The van der Waals surface area contributed by atoms with Crippen LogP contribution in [0.25, 0.3) is 0 Å². The van der Waals surface area contributed by atoms with Crippen molar-refractivity contribution >= 4 is 5.91 Å². The number of hydrogen-bond donors (Lipinski definition) is 2. The zero-order valence-electron chi connectivity index (χ0n) is 11.2. The van der Waals surface area contributed by atoms with Crippen LogP contribution in [0.1, 0.15) is 25.3 Å². The molecule has 1 aromatic heterocycles. The second-order valence-electron chi connectivity index (χ2n) is 5.35. The number of amides is 1. The van der Waals surface area contributed by atoms with Gasteiger partial charge in [0.2, 0.25) is 5.91 Å². The van der Waals surface area contributed by atoms with Crippen LogP contribution >= 0.6 is 0 Å². The van der Waals surface area contributed by atoms with E-state index in [1.54, 1.807) is 0 Å². The molecule has 0 aromatic carbocycles. The van der Waals surface area contributed by atoms with Crippen LogP contribution in [0.5, 0.6) is 0 Å².